The maximum Gasteiger partial charge on any atom is 0.410 e. The third-order valence-electron chi connectivity index (χ3n) is 4.23. The first-order chi connectivity index (χ1) is 13.8. The zero-order valence-corrected chi connectivity index (χ0v) is 17.4. The molecule has 0 aromatic carbocycles. The first kappa shape index (κ1) is 23.9. The molecule has 158 valence electrons. The van der Waals surface area contributed by atoms with Crippen LogP contribution in [-0.2, 0) is 4.74 Å². The van der Waals surface area contributed by atoms with Gasteiger partial charge in [0.05, 0.1) is 7.11 Å². The van der Waals surface area contributed by atoms with Crippen LogP contribution in [0, 0.1) is 0 Å². The number of hydrogen-bond acceptors (Lipinski definition) is 6. The molecule has 2 N–H and O–H groups in total. The van der Waals surface area contributed by atoms with E-state index in [0.29, 0.717) is 24.2 Å². The number of methoxy groups -OCH3 is 1. The average molecular weight is 403 g/mol. The van der Waals surface area contributed by atoms with Gasteiger partial charge < -0.3 is 14.3 Å². The summed E-state index contributed by atoms with van der Waals surface area (Å²) in [6.45, 7) is 5.47. The zero-order chi connectivity index (χ0) is 21.8. The molecule has 0 fully saturated rings. The maximum atomic E-state index is 12.5. The molecule has 0 unspecified atom stereocenters. The Bertz CT molecular complexity index is 847. The van der Waals surface area contributed by atoms with Gasteiger partial charge in [-0.15, -0.1) is 0 Å². The van der Waals surface area contributed by atoms with Crippen molar-refractivity contribution in [2.24, 2.45) is 0 Å². The Kier molecular flexibility index (Phi) is 10.2. The largest absolute Gasteiger partial charge is 0.507 e. The molecule has 0 aliphatic carbocycles. The predicted octanol–water partition coefficient (Wildman–Crippen LogP) is 4.58. The predicted molar refractivity (Wildman–Crippen MR) is 111 cm³/mol. The van der Waals surface area contributed by atoms with Gasteiger partial charge in [-0.1, -0.05) is 44.6 Å². The highest BCUT2D eigenvalue weighted by Crippen LogP contribution is 2.25. The highest BCUT2D eigenvalue weighted by molar-refractivity contribution is 6.09. The molecule has 1 amide bonds. The second kappa shape index (κ2) is 12.4. The Hall–Kier alpha value is -3.09. The Morgan fingerprint density at radius 2 is 2.03 bits per heavy atom. The molecular weight excluding hydrogens is 374 g/mol. The number of amides is 1. The van der Waals surface area contributed by atoms with Crippen molar-refractivity contribution in [2.45, 2.75) is 52.4 Å². The quantitative estimate of drug-likeness (QED) is 0.336. The van der Waals surface area contributed by atoms with Crippen LogP contribution in [0.5, 0.6) is 5.75 Å². The average Bonchev–Trinajstić information content (AvgIpc) is 2.69. The molecule has 29 heavy (non-hydrogen) atoms. The van der Waals surface area contributed by atoms with Crippen molar-refractivity contribution in [1.29, 1.82) is 0 Å². The van der Waals surface area contributed by atoms with E-state index in [9.17, 15) is 19.5 Å². The van der Waals surface area contributed by atoms with Gasteiger partial charge >= 0.3 is 11.7 Å². The van der Waals surface area contributed by atoms with Crippen molar-refractivity contribution < 1.29 is 23.8 Å². The van der Waals surface area contributed by atoms with Crippen LogP contribution in [0.15, 0.2) is 51.4 Å². The summed E-state index contributed by atoms with van der Waals surface area (Å²) < 4.78 is 9.72. The fraction of sp³-hybridized carbons (Fsp3) is 0.409. The molecule has 0 bridgehead atoms. The monoisotopic (exact) mass is 403 g/mol. The van der Waals surface area contributed by atoms with Gasteiger partial charge in [-0.3, -0.25) is 10.1 Å². The van der Waals surface area contributed by atoms with Crippen LogP contribution in [0.4, 0.5) is 4.79 Å². The Balaban J connectivity index is 2.84. The molecule has 0 saturated carbocycles. The van der Waals surface area contributed by atoms with Crippen molar-refractivity contribution in [1.82, 2.24) is 5.32 Å². The first-order valence-corrected chi connectivity index (χ1v) is 9.56. The molecule has 0 radical (unpaired) electrons. The normalized spacial score (nSPS) is 13.0. The number of nitrogens with one attached hydrogen (secondary N) is 1. The highest BCUT2D eigenvalue weighted by atomic mass is 16.5. The van der Waals surface area contributed by atoms with Gasteiger partial charge in [0.1, 0.15) is 17.1 Å². The van der Waals surface area contributed by atoms with Gasteiger partial charge in [-0.05, 0) is 31.8 Å². The van der Waals surface area contributed by atoms with E-state index in [1.54, 1.807) is 25.2 Å². The minimum Gasteiger partial charge on any atom is -0.507 e. The van der Waals surface area contributed by atoms with Crippen molar-refractivity contribution in [2.75, 3.05) is 7.11 Å². The summed E-state index contributed by atoms with van der Waals surface area (Å²) in [6, 6.07) is 1.32. The fourth-order valence-corrected chi connectivity index (χ4v) is 2.46. The van der Waals surface area contributed by atoms with Crippen molar-refractivity contribution in [3.8, 4) is 5.75 Å². The summed E-state index contributed by atoms with van der Waals surface area (Å²) >= 11 is 0. The van der Waals surface area contributed by atoms with Gasteiger partial charge in [0.2, 0.25) is 0 Å². The number of ether oxygens (including phenoxy) is 1. The highest BCUT2D eigenvalue weighted by Gasteiger charge is 2.21. The third-order valence-corrected chi connectivity index (χ3v) is 4.23. The van der Waals surface area contributed by atoms with Crippen LogP contribution in [-0.4, -0.2) is 24.1 Å². The van der Waals surface area contributed by atoms with Gasteiger partial charge in [0, 0.05) is 18.2 Å². The summed E-state index contributed by atoms with van der Waals surface area (Å²) in [5.41, 5.74) is -0.880. The molecule has 0 spiro atoms. The van der Waals surface area contributed by atoms with Crippen molar-refractivity contribution in [3.05, 3.63) is 63.9 Å². The van der Waals surface area contributed by atoms with E-state index in [1.165, 1.54) is 19.4 Å². The number of hydrogen-bond donors (Lipinski definition) is 2. The second-order valence-electron chi connectivity index (χ2n) is 6.61. The van der Waals surface area contributed by atoms with E-state index in [4.69, 9.17) is 4.42 Å². The number of Topliss-reactive ketones (excluding diaryl/α,β-unsaturated/α-hetero) is 1. The van der Waals surface area contributed by atoms with E-state index in [2.05, 4.69) is 10.1 Å². The molecule has 1 heterocycles. The van der Waals surface area contributed by atoms with Crippen LogP contribution in [0.25, 0.3) is 0 Å². The lowest BCUT2D eigenvalue weighted by atomic mass is 10.00. The van der Waals surface area contributed by atoms with Crippen molar-refractivity contribution >= 4 is 11.9 Å². The molecule has 0 aliphatic rings. The number of rotatable bonds is 10. The smallest absolute Gasteiger partial charge is 0.410 e. The molecule has 1 aromatic rings. The van der Waals surface area contributed by atoms with E-state index in [1.807, 2.05) is 19.9 Å². The van der Waals surface area contributed by atoms with E-state index >= 15 is 0 Å². The minimum atomic E-state index is -0.856. The molecule has 1 aromatic heterocycles. The standard InChI is InChI=1S/C22H29NO6/c1-5-6-7-8-12-16(3)20(25)19-17(24)14-18(29-21(19)26)15(2)11-9-10-13-23-22(27)28-4/h7-8,10,12-15,24H,5-6,9,11H2,1-4H3,(H,23,27)/b8-7+,13-10+,16-12+/t15-/m1/s1. The van der Waals surface area contributed by atoms with Crippen LogP contribution in [0.3, 0.4) is 0 Å². The number of alkyl carbamates (subject to hydrolysis) is 1. The van der Waals surface area contributed by atoms with Gasteiger partial charge in [0.25, 0.3) is 0 Å². The number of ketones is 1. The number of carbonyl (C=O) groups is 2. The molecule has 7 heteroatoms. The van der Waals surface area contributed by atoms with Gasteiger partial charge in [-0.2, -0.15) is 0 Å². The fourth-order valence-electron chi connectivity index (χ4n) is 2.46. The van der Waals surface area contributed by atoms with Crippen LogP contribution < -0.4 is 10.9 Å². The second-order valence-corrected chi connectivity index (χ2v) is 6.61. The number of unbranched alkanes of at least 4 members (excludes halogenated alkanes) is 1. The number of carbonyl (C=O) groups excluding carboxylic acids is 2. The Morgan fingerprint density at radius 1 is 1.31 bits per heavy atom. The Morgan fingerprint density at radius 3 is 2.66 bits per heavy atom. The minimum absolute atomic E-state index is 0.172. The van der Waals surface area contributed by atoms with Gasteiger partial charge in [-0.25, -0.2) is 9.59 Å². The SMILES string of the molecule is CCC/C=C/C=C(\C)C(=O)c1c(O)cc([C@H](C)CC/C=C/NC(=O)OC)oc1=O. The molecule has 1 rings (SSSR count). The summed E-state index contributed by atoms with van der Waals surface area (Å²) in [6.07, 6.45) is 11.1. The van der Waals surface area contributed by atoms with E-state index in [0.717, 1.165) is 12.8 Å². The third kappa shape index (κ3) is 7.81. The summed E-state index contributed by atoms with van der Waals surface area (Å²) in [7, 11) is 1.27. The zero-order valence-electron chi connectivity index (χ0n) is 17.4. The molecular formula is C22H29NO6. The molecule has 7 nitrogen and oxygen atoms in total. The maximum absolute atomic E-state index is 12.5. The summed E-state index contributed by atoms with van der Waals surface area (Å²) in [4.78, 5) is 35.7. The lowest BCUT2D eigenvalue weighted by molar-refractivity contribution is 0.102. The summed E-state index contributed by atoms with van der Waals surface area (Å²) in [5, 5.41) is 12.7. The molecule has 1 atom stereocenters. The van der Waals surface area contributed by atoms with Crippen LogP contribution in [0.1, 0.15) is 68.5 Å². The van der Waals surface area contributed by atoms with Crippen LogP contribution in [0.2, 0.25) is 0 Å². The number of aromatic hydroxyl groups is 1. The molecule has 0 saturated heterocycles. The van der Waals surface area contributed by atoms with E-state index < -0.39 is 17.5 Å². The number of allylic oxidation sites excluding steroid dienone is 5. The Labute approximate surface area is 170 Å². The molecule has 0 aliphatic heterocycles. The van der Waals surface area contributed by atoms with Crippen LogP contribution >= 0.6 is 0 Å². The lowest BCUT2D eigenvalue weighted by Crippen LogP contribution is -2.16. The first-order valence-electron chi connectivity index (χ1n) is 9.56. The van der Waals surface area contributed by atoms with Gasteiger partial charge in [0.15, 0.2) is 5.78 Å². The summed E-state index contributed by atoms with van der Waals surface area (Å²) in [5.74, 6) is -0.827. The van der Waals surface area contributed by atoms with E-state index in [-0.39, 0.29) is 17.2 Å². The lowest BCUT2D eigenvalue weighted by Gasteiger charge is -2.11. The topological polar surface area (TPSA) is 106 Å². The van der Waals surface area contributed by atoms with Crippen molar-refractivity contribution in [3.63, 3.8) is 0 Å².